The number of nitrogens with two attached hydrogens (primary N) is 2. The lowest BCUT2D eigenvalue weighted by atomic mass is 10.1. The highest BCUT2D eigenvalue weighted by molar-refractivity contribution is 7.89. The van der Waals surface area contributed by atoms with E-state index in [0.717, 1.165) is 107 Å². The Labute approximate surface area is 360 Å². The lowest BCUT2D eigenvalue weighted by Crippen LogP contribution is -2.25. The zero-order valence-electron chi connectivity index (χ0n) is 35.5. The molecule has 0 saturated carbocycles. The van der Waals surface area contributed by atoms with Crippen molar-refractivity contribution in [2.24, 2.45) is 0 Å². The molecule has 61 heavy (non-hydrogen) atoms. The molecule has 3 aromatic carbocycles. The van der Waals surface area contributed by atoms with Crippen molar-refractivity contribution in [3.63, 3.8) is 0 Å². The number of rotatable bonds is 21. The number of para-hydroxylation sites is 2. The molecule has 326 valence electrons. The topological polar surface area (TPSA) is 207 Å². The molecule has 0 aliphatic rings. The number of aryl methyl sites for hydroxylation is 3. The van der Waals surface area contributed by atoms with Crippen LogP contribution in [-0.2, 0) is 62.8 Å². The average molecular weight is 871 g/mol. The molecule has 0 aliphatic carbocycles. The van der Waals surface area contributed by atoms with Gasteiger partial charge in [0.15, 0.2) is 11.6 Å². The van der Waals surface area contributed by atoms with Crippen LogP contribution < -0.4 is 20.9 Å². The first kappa shape index (κ1) is 45.5. The van der Waals surface area contributed by atoms with Gasteiger partial charge in [0, 0.05) is 70.3 Å². The molecule has 4 aromatic heterocycles. The number of fused-ring (bicyclic) bond motifs is 6. The second-order valence-electron chi connectivity index (χ2n) is 14.8. The van der Waals surface area contributed by atoms with Gasteiger partial charge in [-0.2, -0.15) is 0 Å². The van der Waals surface area contributed by atoms with Crippen molar-refractivity contribution in [2.45, 2.75) is 76.3 Å². The van der Waals surface area contributed by atoms with Crippen LogP contribution in [0.3, 0.4) is 0 Å². The van der Waals surface area contributed by atoms with Crippen molar-refractivity contribution in [3.05, 3.63) is 90.0 Å². The fraction of sp³-hybridized carbons (Fsp3) is 0.409. The van der Waals surface area contributed by atoms with Gasteiger partial charge in [-0.3, -0.25) is 0 Å². The summed E-state index contributed by atoms with van der Waals surface area (Å²) in [4.78, 5) is 18.8. The Bertz CT molecular complexity index is 2680. The van der Waals surface area contributed by atoms with Crippen LogP contribution >= 0.6 is 0 Å². The van der Waals surface area contributed by atoms with Gasteiger partial charge in [-0.15, -0.1) is 0 Å². The number of hydrogen-bond donors (Lipinski definition) is 4. The Hall–Kier alpha value is -5.04. The van der Waals surface area contributed by atoms with Crippen molar-refractivity contribution in [1.29, 1.82) is 0 Å². The summed E-state index contributed by atoms with van der Waals surface area (Å²) in [6, 6.07) is 23.0. The largest absolute Gasteiger partial charge is 0.384 e. The third kappa shape index (κ3) is 11.3. The monoisotopic (exact) mass is 870 g/mol. The van der Waals surface area contributed by atoms with E-state index in [0.29, 0.717) is 61.2 Å². The SMILES string of the molecule is CCCc1ccc(S(=O)(=O)NCCCCn2c(CCOC)nc3c(N)nc4ccccc4c32)cc1.COCCc1nc2c(N)nc3ccccc3c2n1CCCCNS(C)=O. The van der Waals surface area contributed by atoms with Gasteiger partial charge in [-0.25, -0.2) is 42.0 Å². The molecule has 0 saturated heterocycles. The minimum Gasteiger partial charge on any atom is -0.384 e. The van der Waals surface area contributed by atoms with Crippen molar-refractivity contribution in [1.82, 2.24) is 38.5 Å². The first-order chi connectivity index (χ1) is 29.6. The van der Waals surface area contributed by atoms with Crippen LogP contribution in [0.15, 0.2) is 77.7 Å². The Morgan fingerprint density at radius 3 is 1.64 bits per heavy atom. The number of nitrogens with zero attached hydrogens (tertiary/aromatic N) is 6. The maximum absolute atomic E-state index is 12.7. The molecule has 0 amide bonds. The van der Waals surface area contributed by atoms with E-state index < -0.39 is 21.0 Å². The molecule has 0 radical (unpaired) electrons. The Morgan fingerprint density at radius 2 is 1.16 bits per heavy atom. The fourth-order valence-corrected chi connectivity index (χ4v) is 8.99. The molecule has 4 heterocycles. The summed E-state index contributed by atoms with van der Waals surface area (Å²) >= 11 is 0. The third-order valence-corrected chi connectivity index (χ3v) is 12.5. The third-order valence-electron chi connectivity index (χ3n) is 10.4. The first-order valence-corrected chi connectivity index (χ1v) is 23.8. The highest BCUT2D eigenvalue weighted by Crippen LogP contribution is 2.31. The summed E-state index contributed by atoms with van der Waals surface area (Å²) < 4.78 is 57.1. The molecule has 0 spiro atoms. The molecule has 15 nitrogen and oxygen atoms in total. The number of pyridine rings is 2. The van der Waals surface area contributed by atoms with Gasteiger partial charge >= 0.3 is 0 Å². The number of sulfonamides is 1. The van der Waals surface area contributed by atoms with E-state index in [1.165, 1.54) is 0 Å². The van der Waals surface area contributed by atoms with Gasteiger partial charge in [-0.1, -0.05) is 61.9 Å². The number of unbranched alkanes of at least 4 members (excludes halogenated alkanes) is 2. The summed E-state index contributed by atoms with van der Waals surface area (Å²) in [5, 5.41) is 2.06. The van der Waals surface area contributed by atoms with Crippen LogP contribution in [0.25, 0.3) is 43.9 Å². The van der Waals surface area contributed by atoms with Crippen LogP contribution in [-0.4, -0.2) is 88.5 Å². The predicted molar refractivity (Wildman–Crippen MR) is 246 cm³/mol. The Morgan fingerprint density at radius 1 is 0.672 bits per heavy atom. The number of benzene rings is 3. The van der Waals surface area contributed by atoms with Crippen molar-refractivity contribution in [3.8, 4) is 0 Å². The van der Waals surface area contributed by atoms with Crippen LogP contribution in [0, 0.1) is 0 Å². The molecular formula is C44H58N10O5S2. The highest BCUT2D eigenvalue weighted by atomic mass is 32.2. The lowest BCUT2D eigenvalue weighted by Gasteiger charge is -2.12. The zero-order chi connectivity index (χ0) is 43.4. The number of ether oxygens (including phenoxy) is 2. The minimum atomic E-state index is -3.53. The molecule has 7 aromatic rings. The summed E-state index contributed by atoms with van der Waals surface area (Å²) in [7, 11) is -1.14. The second kappa shape index (κ2) is 21.7. The average Bonchev–Trinajstić information content (AvgIpc) is 3.81. The van der Waals surface area contributed by atoms with E-state index in [-0.39, 0.29) is 0 Å². The van der Waals surface area contributed by atoms with Crippen molar-refractivity contribution < 1.29 is 22.1 Å². The van der Waals surface area contributed by atoms with Gasteiger partial charge in [0.05, 0.1) is 51.2 Å². The van der Waals surface area contributed by atoms with Crippen molar-refractivity contribution in [2.75, 3.05) is 58.2 Å². The van der Waals surface area contributed by atoms with Crippen LogP contribution in [0.2, 0.25) is 0 Å². The maximum Gasteiger partial charge on any atom is 0.240 e. The zero-order valence-corrected chi connectivity index (χ0v) is 37.2. The van der Waals surface area contributed by atoms with Gasteiger partial charge in [0.2, 0.25) is 10.0 Å². The summed E-state index contributed by atoms with van der Waals surface area (Å²) in [6.45, 7) is 5.86. The molecule has 1 unspecified atom stereocenters. The molecule has 7 rings (SSSR count). The Balaban J connectivity index is 0.000000213. The van der Waals surface area contributed by atoms with E-state index in [9.17, 15) is 12.6 Å². The Kier molecular flexibility index (Phi) is 16.1. The van der Waals surface area contributed by atoms with Gasteiger partial charge in [0.1, 0.15) is 22.7 Å². The summed E-state index contributed by atoms with van der Waals surface area (Å²) in [6.07, 6.45) is 8.34. The van der Waals surface area contributed by atoms with Gasteiger partial charge in [0.25, 0.3) is 0 Å². The maximum atomic E-state index is 12.7. The normalized spacial score (nSPS) is 12.4. The molecule has 1 atom stereocenters. The quantitative estimate of drug-likeness (QED) is 0.0609. The van der Waals surface area contributed by atoms with E-state index >= 15 is 0 Å². The summed E-state index contributed by atoms with van der Waals surface area (Å²) in [5.74, 6) is 2.71. The molecular weight excluding hydrogens is 813 g/mol. The van der Waals surface area contributed by atoms with Crippen LogP contribution in [0.5, 0.6) is 0 Å². The van der Waals surface area contributed by atoms with Gasteiger partial charge in [-0.05, 0) is 61.9 Å². The first-order valence-electron chi connectivity index (χ1n) is 20.8. The molecule has 0 aliphatic heterocycles. The van der Waals surface area contributed by atoms with Gasteiger partial charge < -0.3 is 30.1 Å². The second-order valence-corrected chi connectivity index (χ2v) is 17.8. The molecule has 0 fully saturated rings. The predicted octanol–water partition coefficient (Wildman–Crippen LogP) is 6.09. The van der Waals surface area contributed by atoms with Crippen LogP contribution in [0.1, 0.15) is 56.2 Å². The number of aromatic nitrogens is 6. The number of hydrogen-bond acceptors (Lipinski definition) is 11. The number of methoxy groups -OCH3 is 2. The molecule has 0 bridgehead atoms. The highest BCUT2D eigenvalue weighted by Gasteiger charge is 2.19. The summed E-state index contributed by atoms with van der Waals surface area (Å²) in [5.41, 5.74) is 18.7. The van der Waals surface area contributed by atoms with Crippen molar-refractivity contribution >= 4 is 76.5 Å². The van der Waals surface area contributed by atoms with E-state index in [1.807, 2.05) is 54.6 Å². The number of anilines is 2. The fourth-order valence-electron chi connectivity index (χ4n) is 7.48. The number of nitrogen functional groups attached to an aromatic ring is 2. The molecule has 17 heteroatoms. The number of nitrogens with one attached hydrogen (secondary N) is 2. The van der Waals surface area contributed by atoms with E-state index in [2.05, 4.69) is 41.5 Å². The molecule has 6 N–H and O–H groups in total. The number of imidazole rings is 2. The minimum absolute atomic E-state index is 0.300. The van der Waals surface area contributed by atoms with E-state index in [4.69, 9.17) is 30.9 Å². The van der Waals surface area contributed by atoms with E-state index in [1.54, 1.807) is 32.6 Å². The standard InChI is InChI=1S/C26H33N5O3S.C18H25N5O2S/c1-3-8-19-11-13-20(14-12-19)35(32,33)28-16-6-7-17-31-23(15-18-34-2)30-24-25(31)21-9-4-5-10-22(21)29-26(24)27;1-25-12-9-15-22-16-17(23(15)11-6-5-10-20-26(2)24)13-7-3-4-8-14(13)21-18(16)19/h4-5,9-14,28H,3,6-8,15-18H2,1-2H3,(H2,27,29);3-4,7-8,20H,5-6,9-12H2,1-2H3,(H2,19,21). The lowest BCUT2D eigenvalue weighted by molar-refractivity contribution is 0.199. The smallest absolute Gasteiger partial charge is 0.240 e. The van der Waals surface area contributed by atoms with Crippen LogP contribution in [0.4, 0.5) is 11.6 Å².